The predicted octanol–water partition coefficient (Wildman–Crippen LogP) is 3.44. The summed E-state index contributed by atoms with van der Waals surface area (Å²) in [5.74, 6) is 0.848. The monoisotopic (exact) mass is 446 g/mol. The maximum absolute atomic E-state index is 12.0. The normalized spacial score (nSPS) is 20.8. The number of piperidine rings is 1. The van der Waals surface area contributed by atoms with Crippen molar-refractivity contribution in [1.29, 1.82) is 0 Å². The predicted molar refractivity (Wildman–Crippen MR) is 121 cm³/mol. The Morgan fingerprint density at radius 1 is 1.23 bits per heavy atom. The zero-order valence-corrected chi connectivity index (χ0v) is 19.0. The average Bonchev–Trinajstić information content (AvgIpc) is 3.34. The van der Waals surface area contributed by atoms with E-state index in [4.69, 9.17) is 16.3 Å². The molecule has 2 saturated heterocycles. The molecule has 0 spiro atoms. The number of halogens is 1. The number of imidazole rings is 1. The van der Waals surface area contributed by atoms with Crippen molar-refractivity contribution in [2.45, 2.75) is 45.2 Å². The standard InChI is InChI=1S/C22H31ClN6O2/c1-3-17-15-27(21-20(23)13-19(14-25-21)28-10-7-24-16-28)11-12-29(17)18-5-8-26(9-6-18)22(30)31-4-2/h7,10,13-14,16-18H,3-6,8-9,11-12,15H2,1-2H3. The van der Waals surface area contributed by atoms with Crippen LogP contribution in [0, 0.1) is 0 Å². The lowest BCUT2D eigenvalue weighted by Crippen LogP contribution is -2.58. The number of likely N-dealkylation sites (tertiary alicyclic amines) is 1. The second-order valence-electron chi connectivity index (χ2n) is 8.13. The largest absolute Gasteiger partial charge is 0.450 e. The summed E-state index contributed by atoms with van der Waals surface area (Å²) in [6.07, 6.45) is 10.1. The van der Waals surface area contributed by atoms with Crippen molar-refractivity contribution in [3.63, 3.8) is 0 Å². The Kier molecular flexibility index (Phi) is 6.97. The van der Waals surface area contributed by atoms with Crippen LogP contribution in [-0.4, -0.2) is 81.8 Å². The molecular formula is C22H31ClN6O2. The number of carbonyl (C=O) groups excluding carboxylic acids is 1. The van der Waals surface area contributed by atoms with Crippen LogP contribution in [0.3, 0.4) is 0 Å². The smallest absolute Gasteiger partial charge is 0.409 e. The molecule has 1 atom stereocenters. The highest BCUT2D eigenvalue weighted by Crippen LogP contribution is 2.30. The first-order chi connectivity index (χ1) is 15.1. The van der Waals surface area contributed by atoms with Crippen LogP contribution in [0.15, 0.2) is 31.0 Å². The quantitative estimate of drug-likeness (QED) is 0.700. The van der Waals surface area contributed by atoms with Gasteiger partial charge in [0.25, 0.3) is 0 Å². The highest BCUT2D eigenvalue weighted by molar-refractivity contribution is 6.33. The Hall–Kier alpha value is -2.32. The topological polar surface area (TPSA) is 66.7 Å². The van der Waals surface area contributed by atoms with Crippen LogP contribution in [0.1, 0.15) is 33.1 Å². The van der Waals surface area contributed by atoms with E-state index in [1.807, 2.05) is 34.9 Å². The number of hydrogen-bond donors (Lipinski definition) is 0. The molecule has 4 heterocycles. The molecule has 0 aliphatic carbocycles. The minimum Gasteiger partial charge on any atom is -0.450 e. The molecule has 9 heteroatoms. The zero-order chi connectivity index (χ0) is 21.8. The Bertz CT molecular complexity index is 869. The van der Waals surface area contributed by atoms with Gasteiger partial charge in [-0.15, -0.1) is 0 Å². The molecule has 0 bridgehead atoms. The molecule has 2 aliphatic rings. The zero-order valence-electron chi connectivity index (χ0n) is 18.3. The van der Waals surface area contributed by atoms with Gasteiger partial charge in [0.05, 0.1) is 29.8 Å². The molecule has 2 aliphatic heterocycles. The van der Waals surface area contributed by atoms with E-state index >= 15 is 0 Å². The van der Waals surface area contributed by atoms with Gasteiger partial charge in [0.2, 0.25) is 0 Å². The van der Waals surface area contributed by atoms with Gasteiger partial charge in [0.1, 0.15) is 5.82 Å². The summed E-state index contributed by atoms with van der Waals surface area (Å²) < 4.78 is 7.05. The Morgan fingerprint density at radius 2 is 2.03 bits per heavy atom. The molecule has 4 rings (SSSR count). The molecule has 2 aromatic rings. The summed E-state index contributed by atoms with van der Waals surface area (Å²) in [4.78, 5) is 27.5. The van der Waals surface area contributed by atoms with E-state index in [0.717, 1.165) is 63.5 Å². The van der Waals surface area contributed by atoms with Gasteiger partial charge in [-0.3, -0.25) is 4.90 Å². The maximum atomic E-state index is 12.0. The molecule has 0 radical (unpaired) electrons. The van der Waals surface area contributed by atoms with Gasteiger partial charge in [0.15, 0.2) is 0 Å². The Balaban J connectivity index is 1.39. The van der Waals surface area contributed by atoms with E-state index in [9.17, 15) is 4.79 Å². The minimum absolute atomic E-state index is 0.183. The van der Waals surface area contributed by atoms with Gasteiger partial charge in [-0.2, -0.15) is 0 Å². The molecule has 2 aromatic heterocycles. The summed E-state index contributed by atoms with van der Waals surface area (Å²) in [5.41, 5.74) is 0.908. The van der Waals surface area contributed by atoms with Crippen molar-refractivity contribution in [2.75, 3.05) is 44.2 Å². The van der Waals surface area contributed by atoms with Gasteiger partial charge in [-0.1, -0.05) is 18.5 Å². The number of nitrogens with zero attached hydrogens (tertiary/aromatic N) is 6. The van der Waals surface area contributed by atoms with Gasteiger partial charge in [0, 0.05) is 57.2 Å². The number of pyridine rings is 1. The lowest BCUT2D eigenvalue weighted by atomic mass is 9.98. The van der Waals surface area contributed by atoms with Crippen molar-refractivity contribution < 1.29 is 9.53 Å². The highest BCUT2D eigenvalue weighted by atomic mass is 35.5. The second-order valence-corrected chi connectivity index (χ2v) is 8.54. The van der Waals surface area contributed by atoms with Crippen molar-refractivity contribution >= 4 is 23.5 Å². The molecule has 1 amide bonds. The van der Waals surface area contributed by atoms with Gasteiger partial charge in [-0.25, -0.2) is 14.8 Å². The van der Waals surface area contributed by atoms with Crippen LogP contribution >= 0.6 is 11.6 Å². The fourth-order valence-electron chi connectivity index (χ4n) is 4.71. The van der Waals surface area contributed by atoms with Crippen LogP contribution in [0.5, 0.6) is 0 Å². The number of aromatic nitrogens is 3. The average molecular weight is 447 g/mol. The SMILES string of the molecule is CCOC(=O)N1CCC(N2CCN(c3ncc(-n4ccnc4)cc3Cl)CC2CC)CC1. The van der Waals surface area contributed by atoms with Gasteiger partial charge in [-0.05, 0) is 32.3 Å². The first kappa shape index (κ1) is 21.9. The van der Waals surface area contributed by atoms with E-state index in [2.05, 4.69) is 26.7 Å². The van der Waals surface area contributed by atoms with Crippen LogP contribution < -0.4 is 4.90 Å². The van der Waals surface area contributed by atoms with Crippen LogP contribution in [0.2, 0.25) is 5.02 Å². The third-order valence-corrected chi connectivity index (χ3v) is 6.65. The van der Waals surface area contributed by atoms with Gasteiger partial charge < -0.3 is 19.1 Å². The summed E-state index contributed by atoms with van der Waals surface area (Å²) in [5, 5.41) is 0.664. The van der Waals surface area contributed by atoms with E-state index in [1.54, 1.807) is 12.5 Å². The van der Waals surface area contributed by atoms with E-state index < -0.39 is 0 Å². The summed E-state index contributed by atoms with van der Waals surface area (Å²) >= 11 is 6.63. The number of ether oxygens (including phenoxy) is 1. The molecule has 8 nitrogen and oxygen atoms in total. The van der Waals surface area contributed by atoms with Gasteiger partial charge >= 0.3 is 6.09 Å². The number of rotatable bonds is 5. The molecule has 1 unspecified atom stereocenters. The van der Waals surface area contributed by atoms with E-state index in [-0.39, 0.29) is 6.09 Å². The molecule has 0 N–H and O–H groups in total. The molecule has 31 heavy (non-hydrogen) atoms. The molecular weight excluding hydrogens is 416 g/mol. The number of amides is 1. The molecule has 168 valence electrons. The van der Waals surface area contributed by atoms with E-state index in [1.165, 1.54) is 0 Å². The van der Waals surface area contributed by atoms with Crippen molar-refractivity contribution in [1.82, 2.24) is 24.3 Å². The second kappa shape index (κ2) is 9.87. The van der Waals surface area contributed by atoms with E-state index in [0.29, 0.717) is 23.7 Å². The first-order valence-electron chi connectivity index (χ1n) is 11.2. The maximum Gasteiger partial charge on any atom is 0.409 e. The van der Waals surface area contributed by atoms with Crippen molar-refractivity contribution in [3.05, 3.63) is 36.0 Å². The first-order valence-corrected chi connectivity index (χ1v) is 11.5. The summed E-state index contributed by atoms with van der Waals surface area (Å²) in [6.45, 7) is 8.83. The van der Waals surface area contributed by atoms with Crippen molar-refractivity contribution in [2.24, 2.45) is 0 Å². The Labute approximate surface area is 188 Å². The fraction of sp³-hybridized carbons (Fsp3) is 0.591. The number of carbonyl (C=O) groups is 1. The number of hydrogen-bond acceptors (Lipinski definition) is 6. The van der Waals surface area contributed by atoms with Crippen molar-refractivity contribution in [3.8, 4) is 5.69 Å². The molecule has 0 saturated carbocycles. The molecule has 2 fully saturated rings. The number of anilines is 1. The van der Waals surface area contributed by atoms with Crippen LogP contribution in [-0.2, 0) is 4.74 Å². The Morgan fingerprint density at radius 3 is 2.68 bits per heavy atom. The lowest BCUT2D eigenvalue weighted by Gasteiger charge is -2.47. The summed E-state index contributed by atoms with van der Waals surface area (Å²) in [6, 6.07) is 2.90. The third kappa shape index (κ3) is 4.80. The third-order valence-electron chi connectivity index (χ3n) is 6.37. The lowest BCUT2D eigenvalue weighted by molar-refractivity contribution is 0.0522. The minimum atomic E-state index is -0.183. The van der Waals surface area contributed by atoms with Crippen LogP contribution in [0.4, 0.5) is 10.6 Å². The number of piperazine rings is 1. The fourth-order valence-corrected chi connectivity index (χ4v) is 4.99. The summed E-state index contributed by atoms with van der Waals surface area (Å²) in [7, 11) is 0. The highest BCUT2D eigenvalue weighted by Gasteiger charge is 2.34. The van der Waals surface area contributed by atoms with Crippen LogP contribution in [0.25, 0.3) is 5.69 Å². The molecule has 0 aromatic carbocycles.